The van der Waals surface area contributed by atoms with Crippen LogP contribution in [0, 0.1) is 0 Å². The fourth-order valence-electron chi connectivity index (χ4n) is 10.3. The molecular formula is C45H72O7Si2. The molecule has 0 saturated carbocycles. The molecule has 0 aliphatic carbocycles. The zero-order valence-corrected chi connectivity index (χ0v) is 37.1. The Morgan fingerprint density at radius 1 is 0.889 bits per heavy atom. The third-order valence-electron chi connectivity index (χ3n) is 12.8. The average molecular weight is 781 g/mol. The molecule has 1 N–H and O–H groups in total. The van der Waals surface area contributed by atoms with Crippen molar-refractivity contribution in [1.29, 1.82) is 0 Å². The van der Waals surface area contributed by atoms with Gasteiger partial charge in [-0.1, -0.05) is 129 Å². The van der Waals surface area contributed by atoms with Crippen LogP contribution in [-0.2, 0) is 27.8 Å². The van der Waals surface area contributed by atoms with E-state index in [0.717, 1.165) is 19.3 Å². The van der Waals surface area contributed by atoms with Crippen LogP contribution in [0.5, 0.6) is 0 Å². The summed E-state index contributed by atoms with van der Waals surface area (Å²) in [6.07, 6.45) is 5.09. The highest BCUT2D eigenvalue weighted by molar-refractivity contribution is 6.99. The molecule has 3 aliphatic rings. The first-order valence-electron chi connectivity index (χ1n) is 20.9. The minimum absolute atomic E-state index is 0.0916. The van der Waals surface area contributed by atoms with Crippen LogP contribution in [0.15, 0.2) is 73.3 Å². The van der Waals surface area contributed by atoms with Crippen molar-refractivity contribution in [1.82, 2.24) is 0 Å². The zero-order chi connectivity index (χ0) is 39.3. The molecule has 0 aromatic heterocycles. The predicted molar refractivity (Wildman–Crippen MR) is 225 cm³/mol. The van der Waals surface area contributed by atoms with E-state index >= 15 is 0 Å². The maximum Gasteiger partial charge on any atom is 0.261 e. The van der Waals surface area contributed by atoms with Gasteiger partial charge in [-0.05, 0) is 64.6 Å². The van der Waals surface area contributed by atoms with Gasteiger partial charge in [0.15, 0.2) is 0 Å². The molecule has 3 heterocycles. The number of aliphatic hydroxyl groups excluding tert-OH is 1. The second kappa shape index (κ2) is 18.3. The van der Waals surface area contributed by atoms with Crippen LogP contribution in [0.1, 0.15) is 108 Å². The molecule has 7 nitrogen and oxygen atoms in total. The summed E-state index contributed by atoms with van der Waals surface area (Å²) in [6, 6.07) is 21.7. The van der Waals surface area contributed by atoms with Gasteiger partial charge in [0.25, 0.3) is 8.32 Å². The van der Waals surface area contributed by atoms with Gasteiger partial charge in [-0.25, -0.2) is 0 Å². The monoisotopic (exact) mass is 780 g/mol. The lowest BCUT2D eigenvalue weighted by atomic mass is 9.82. The maximum absolute atomic E-state index is 9.76. The summed E-state index contributed by atoms with van der Waals surface area (Å²) in [5, 5.41) is 12.1. The SMILES string of the molecule is C=CCO[C@H]1CC[C@@]2(C)O[C@H]3[C@@H](O[Si](C(C)C)(C(C)C)C(C)C)C[C@@H](CO[Si](c4ccccc4)(c4ccccc4)C(C)(C)C)O[C@@H]3C[C@@H]2O[C@@H]1CCCO. The van der Waals surface area contributed by atoms with Crippen molar-refractivity contribution in [3.05, 3.63) is 73.3 Å². The molecule has 3 fully saturated rings. The van der Waals surface area contributed by atoms with Crippen LogP contribution in [0.2, 0.25) is 21.7 Å². The van der Waals surface area contributed by atoms with Crippen molar-refractivity contribution >= 4 is 27.0 Å². The van der Waals surface area contributed by atoms with Crippen molar-refractivity contribution in [2.75, 3.05) is 19.8 Å². The summed E-state index contributed by atoms with van der Waals surface area (Å²) in [6.45, 7) is 28.3. The Morgan fingerprint density at radius 3 is 2.00 bits per heavy atom. The van der Waals surface area contributed by atoms with E-state index in [9.17, 15) is 5.11 Å². The molecule has 8 atom stereocenters. The fraction of sp³-hybridized carbons (Fsp3) is 0.689. The molecule has 0 radical (unpaired) electrons. The van der Waals surface area contributed by atoms with Gasteiger partial charge in [0.05, 0.1) is 55.4 Å². The van der Waals surface area contributed by atoms with Gasteiger partial charge < -0.3 is 32.9 Å². The maximum atomic E-state index is 9.76. The molecule has 2 aromatic carbocycles. The summed E-state index contributed by atoms with van der Waals surface area (Å²) in [4.78, 5) is 0. The molecular weight excluding hydrogens is 709 g/mol. The van der Waals surface area contributed by atoms with E-state index in [2.05, 4.69) is 136 Å². The van der Waals surface area contributed by atoms with Crippen molar-refractivity contribution in [3.8, 4) is 0 Å². The van der Waals surface area contributed by atoms with Crippen LogP contribution in [-0.4, -0.2) is 89.9 Å². The van der Waals surface area contributed by atoms with E-state index in [0.29, 0.717) is 49.1 Å². The lowest BCUT2D eigenvalue weighted by Gasteiger charge is -2.55. The van der Waals surface area contributed by atoms with Crippen LogP contribution < -0.4 is 10.4 Å². The van der Waals surface area contributed by atoms with E-state index in [-0.39, 0.29) is 54.4 Å². The quantitative estimate of drug-likeness (QED) is 0.135. The standard InChI is InChI=1S/C45H72O7Si2/c1-12-28-47-38-25-26-45(11)42(50-39(38)24-19-27-46)30-40-43(51-45)41(52-53(32(2)3,33(4)5)34(6)7)29-35(49-40)31-48-54(44(8,9)10,36-20-15-13-16-21-36)37-22-17-14-18-23-37/h12-18,20-23,32-35,38-43,46H,1,19,24-31H2,2-11H3/t35-,38-,39+,40+,41-,42-,43+,45+/m0/s1. The van der Waals surface area contributed by atoms with Crippen LogP contribution in [0.25, 0.3) is 0 Å². The van der Waals surface area contributed by atoms with E-state index in [1.807, 2.05) is 0 Å². The molecule has 3 saturated heterocycles. The van der Waals surface area contributed by atoms with Crippen molar-refractivity contribution in [2.24, 2.45) is 0 Å². The Balaban J connectivity index is 1.52. The Hall–Kier alpha value is -1.67. The van der Waals surface area contributed by atoms with E-state index in [4.69, 9.17) is 27.8 Å². The molecule has 3 aliphatic heterocycles. The predicted octanol–water partition coefficient (Wildman–Crippen LogP) is 8.72. The number of fused-ring (bicyclic) bond motifs is 2. The van der Waals surface area contributed by atoms with Gasteiger partial charge in [0.1, 0.15) is 6.10 Å². The summed E-state index contributed by atoms with van der Waals surface area (Å²) < 4.78 is 43.1. The number of aliphatic hydroxyl groups is 1. The van der Waals surface area contributed by atoms with Crippen molar-refractivity contribution in [3.63, 3.8) is 0 Å². The van der Waals surface area contributed by atoms with E-state index < -0.39 is 22.2 Å². The average Bonchev–Trinajstić information content (AvgIpc) is 3.26. The second-order valence-electron chi connectivity index (χ2n) is 18.3. The number of hydrogen-bond acceptors (Lipinski definition) is 7. The van der Waals surface area contributed by atoms with Crippen molar-refractivity contribution < 1.29 is 32.9 Å². The third-order valence-corrected chi connectivity index (χ3v) is 24.0. The normalized spacial score (nSPS) is 29.6. The van der Waals surface area contributed by atoms with Crippen LogP contribution >= 0.6 is 0 Å². The smallest absolute Gasteiger partial charge is 0.261 e. The third kappa shape index (κ3) is 8.90. The van der Waals surface area contributed by atoms with Crippen molar-refractivity contribution in [2.45, 2.75) is 178 Å². The lowest BCUT2D eigenvalue weighted by Crippen LogP contribution is -2.68. The lowest BCUT2D eigenvalue weighted by molar-refractivity contribution is -0.291. The Labute approximate surface area is 329 Å². The molecule has 54 heavy (non-hydrogen) atoms. The largest absolute Gasteiger partial charge is 0.410 e. The van der Waals surface area contributed by atoms with Gasteiger partial charge in [0, 0.05) is 19.4 Å². The molecule has 9 heteroatoms. The minimum atomic E-state index is -2.80. The molecule has 0 unspecified atom stereocenters. The molecule has 2 aromatic rings. The van der Waals surface area contributed by atoms with E-state index in [1.165, 1.54) is 10.4 Å². The molecule has 5 rings (SSSR count). The molecule has 302 valence electrons. The van der Waals surface area contributed by atoms with Crippen LogP contribution in [0.3, 0.4) is 0 Å². The first-order chi connectivity index (χ1) is 25.6. The highest BCUT2D eigenvalue weighted by atomic mass is 28.4. The Kier molecular flexibility index (Phi) is 14.7. The first-order valence-corrected chi connectivity index (χ1v) is 24.9. The zero-order valence-electron chi connectivity index (χ0n) is 35.1. The van der Waals surface area contributed by atoms with Gasteiger partial charge in [0.2, 0.25) is 8.32 Å². The molecule has 0 amide bonds. The summed E-state index contributed by atoms with van der Waals surface area (Å²) in [5.74, 6) is 0. The highest BCUT2D eigenvalue weighted by Gasteiger charge is 2.58. The van der Waals surface area contributed by atoms with Crippen LogP contribution in [0.4, 0.5) is 0 Å². The minimum Gasteiger partial charge on any atom is -0.410 e. The Morgan fingerprint density at radius 2 is 1.48 bits per heavy atom. The topological polar surface area (TPSA) is 75.6 Å². The number of rotatable bonds is 16. The fourth-order valence-corrected chi connectivity index (χ4v) is 20.5. The summed E-state index contributed by atoms with van der Waals surface area (Å²) >= 11 is 0. The van der Waals surface area contributed by atoms with Gasteiger partial charge >= 0.3 is 0 Å². The molecule has 0 bridgehead atoms. The van der Waals surface area contributed by atoms with Gasteiger partial charge in [-0.3, -0.25) is 0 Å². The number of hydrogen-bond donors (Lipinski definition) is 1. The Bertz CT molecular complexity index is 1390. The first kappa shape index (κ1) is 43.5. The summed E-state index contributed by atoms with van der Waals surface area (Å²) in [5.41, 5.74) is 0.794. The number of ether oxygens (including phenoxy) is 4. The van der Waals surface area contributed by atoms with Gasteiger partial charge in [-0.15, -0.1) is 6.58 Å². The van der Waals surface area contributed by atoms with E-state index in [1.54, 1.807) is 6.08 Å². The summed E-state index contributed by atoms with van der Waals surface area (Å²) in [7, 11) is -5.09. The second-order valence-corrected chi connectivity index (χ2v) is 28.1. The highest BCUT2D eigenvalue weighted by Crippen LogP contribution is 2.49. The number of benzene rings is 2. The van der Waals surface area contributed by atoms with Gasteiger partial charge in [-0.2, -0.15) is 0 Å². The molecule has 0 spiro atoms.